The lowest BCUT2D eigenvalue weighted by atomic mass is 9.92. The lowest BCUT2D eigenvalue weighted by Crippen LogP contribution is -2.36. The summed E-state index contributed by atoms with van der Waals surface area (Å²) >= 11 is 0. The number of aliphatic hydroxyl groups excluding tert-OH is 1. The van der Waals surface area contributed by atoms with Crippen molar-refractivity contribution in [2.45, 2.75) is 32.4 Å². The van der Waals surface area contributed by atoms with E-state index >= 15 is 0 Å². The van der Waals surface area contributed by atoms with E-state index in [0.717, 1.165) is 51.7 Å². The molecule has 1 fully saturated rings. The topological polar surface area (TPSA) is 80.7 Å². The Labute approximate surface area is 166 Å². The van der Waals surface area contributed by atoms with Gasteiger partial charge >= 0.3 is 0 Å². The van der Waals surface area contributed by atoms with Gasteiger partial charge in [0.2, 0.25) is 6.41 Å². The van der Waals surface area contributed by atoms with Gasteiger partial charge in [-0.05, 0) is 42.4 Å². The fraction of sp³-hybridized carbons (Fsp3) is 0.500. The number of β-amino-alcohol motifs (C(OH)–C–C–N with tert-alkyl or cyclic N) is 1. The van der Waals surface area contributed by atoms with Crippen LogP contribution in [0.4, 0.5) is 0 Å². The maximum atomic E-state index is 9.32. The molecular weight excluding hydrogens is 354 g/mol. The van der Waals surface area contributed by atoms with E-state index in [1.807, 2.05) is 0 Å². The van der Waals surface area contributed by atoms with E-state index in [-0.39, 0.29) is 13.0 Å². The third-order valence-corrected chi connectivity index (χ3v) is 5.65. The van der Waals surface area contributed by atoms with Crippen LogP contribution in [0.3, 0.4) is 0 Å². The molecule has 6 nitrogen and oxygen atoms in total. The molecule has 0 aliphatic carbocycles. The number of hydrogen-bond donors (Lipinski definition) is 2. The van der Waals surface area contributed by atoms with Gasteiger partial charge in [0.1, 0.15) is 0 Å². The predicted molar refractivity (Wildman–Crippen MR) is 110 cm³/mol. The number of carbonyl (C=O) groups excluding carboxylic acids is 1. The minimum Gasteiger partial charge on any atom is -0.395 e. The Bertz CT molecular complexity index is 739. The number of hydrogen-bond acceptors (Lipinski definition) is 4. The number of nitrogens with two attached hydrogens (primary N) is 1. The number of amides is 1. The van der Waals surface area contributed by atoms with Gasteiger partial charge in [-0.15, -0.1) is 0 Å². The van der Waals surface area contributed by atoms with Crippen LogP contribution in [0.5, 0.6) is 0 Å². The molecule has 0 bridgehead atoms. The fourth-order valence-electron chi connectivity index (χ4n) is 4.24. The normalized spacial score (nSPS) is 17.5. The van der Waals surface area contributed by atoms with Crippen molar-refractivity contribution in [2.75, 3.05) is 32.9 Å². The van der Waals surface area contributed by atoms with Gasteiger partial charge < -0.3 is 20.1 Å². The number of carbonyl (C=O) groups is 1. The van der Waals surface area contributed by atoms with E-state index in [2.05, 4.69) is 51.6 Å². The van der Waals surface area contributed by atoms with E-state index < -0.39 is 0 Å². The van der Waals surface area contributed by atoms with Gasteiger partial charge in [-0.25, -0.2) is 0 Å². The summed E-state index contributed by atoms with van der Waals surface area (Å²) in [5.74, 6) is 0.734. The Balaban J connectivity index is 0.000000706. The molecule has 2 aliphatic heterocycles. The predicted octanol–water partition coefficient (Wildman–Crippen LogP) is 2.03. The number of ether oxygens (including phenoxy) is 1. The third kappa shape index (κ3) is 5.01. The molecule has 0 spiro atoms. The molecule has 1 aromatic carbocycles. The summed E-state index contributed by atoms with van der Waals surface area (Å²) in [5.41, 5.74) is 9.76. The van der Waals surface area contributed by atoms with Crippen LogP contribution in [0.25, 0.3) is 11.3 Å². The molecule has 0 unspecified atom stereocenters. The second kappa shape index (κ2) is 10.4. The minimum atomic E-state index is 0.238. The Kier molecular flexibility index (Phi) is 7.65. The first kappa shape index (κ1) is 20.6. The molecular formula is C22H31N3O3. The van der Waals surface area contributed by atoms with Crippen LogP contribution in [0.1, 0.15) is 24.1 Å². The number of fused-ring (bicyclic) bond motifs is 1. The van der Waals surface area contributed by atoms with E-state index in [9.17, 15) is 5.11 Å². The Morgan fingerprint density at radius 2 is 1.89 bits per heavy atom. The van der Waals surface area contributed by atoms with Crippen molar-refractivity contribution in [1.29, 1.82) is 0 Å². The second-order valence-electron chi connectivity index (χ2n) is 7.41. The Morgan fingerprint density at radius 3 is 2.57 bits per heavy atom. The highest BCUT2D eigenvalue weighted by molar-refractivity contribution is 5.62. The fourth-order valence-corrected chi connectivity index (χ4v) is 4.24. The first-order chi connectivity index (χ1) is 13.8. The average Bonchev–Trinajstić information content (AvgIpc) is 3.08. The standard InChI is InChI=1S/C21H28N2O2.CH3NO/c24-11-10-22-8-9-23-20(18-4-2-1-3-5-18)15-19(21(23)16-22)14-17-6-12-25-13-7-17;2-1-3/h1-5,15,17,24H,6-14,16H2;1H,(H2,2,3). The molecule has 3 heterocycles. The summed E-state index contributed by atoms with van der Waals surface area (Å²) in [4.78, 5) is 11.0. The molecule has 1 saturated heterocycles. The van der Waals surface area contributed by atoms with Gasteiger partial charge in [0.25, 0.3) is 0 Å². The largest absolute Gasteiger partial charge is 0.395 e. The van der Waals surface area contributed by atoms with Gasteiger partial charge in [0, 0.05) is 50.8 Å². The maximum Gasteiger partial charge on any atom is 0.204 e. The molecule has 1 aromatic heterocycles. The Morgan fingerprint density at radius 1 is 1.18 bits per heavy atom. The number of benzene rings is 1. The quantitative estimate of drug-likeness (QED) is 0.772. The first-order valence-corrected chi connectivity index (χ1v) is 10.1. The van der Waals surface area contributed by atoms with Crippen LogP contribution >= 0.6 is 0 Å². The summed E-state index contributed by atoms with van der Waals surface area (Å²) in [6.45, 7) is 5.79. The van der Waals surface area contributed by atoms with Crippen molar-refractivity contribution in [2.24, 2.45) is 11.7 Å². The van der Waals surface area contributed by atoms with Crippen molar-refractivity contribution >= 4 is 6.41 Å². The van der Waals surface area contributed by atoms with Crippen molar-refractivity contribution in [3.63, 3.8) is 0 Å². The summed E-state index contributed by atoms with van der Waals surface area (Å²) in [6, 6.07) is 13.2. The molecule has 0 atom stereocenters. The van der Waals surface area contributed by atoms with Crippen LogP contribution in [-0.2, 0) is 29.0 Å². The zero-order chi connectivity index (χ0) is 19.8. The third-order valence-electron chi connectivity index (χ3n) is 5.65. The number of nitrogens with zero attached hydrogens (tertiary/aromatic N) is 2. The van der Waals surface area contributed by atoms with Crippen molar-refractivity contribution in [1.82, 2.24) is 9.47 Å². The van der Waals surface area contributed by atoms with Gasteiger partial charge in [0.05, 0.1) is 6.61 Å². The number of primary amides is 1. The monoisotopic (exact) mass is 385 g/mol. The van der Waals surface area contributed by atoms with E-state index in [1.54, 1.807) is 0 Å². The van der Waals surface area contributed by atoms with E-state index in [0.29, 0.717) is 0 Å². The highest BCUT2D eigenvalue weighted by Gasteiger charge is 2.25. The average molecular weight is 386 g/mol. The molecule has 0 radical (unpaired) electrons. The molecule has 152 valence electrons. The van der Waals surface area contributed by atoms with Crippen LogP contribution in [0.15, 0.2) is 36.4 Å². The highest BCUT2D eigenvalue weighted by atomic mass is 16.5. The smallest absolute Gasteiger partial charge is 0.204 e. The van der Waals surface area contributed by atoms with Crippen molar-refractivity contribution in [3.8, 4) is 11.3 Å². The van der Waals surface area contributed by atoms with Crippen LogP contribution < -0.4 is 5.73 Å². The maximum absolute atomic E-state index is 9.32. The second-order valence-corrected chi connectivity index (χ2v) is 7.41. The summed E-state index contributed by atoms with van der Waals surface area (Å²) < 4.78 is 8.04. The minimum absolute atomic E-state index is 0.238. The molecule has 28 heavy (non-hydrogen) atoms. The molecule has 2 aliphatic rings. The molecule has 0 saturated carbocycles. The van der Waals surface area contributed by atoms with E-state index in [1.165, 1.54) is 35.4 Å². The van der Waals surface area contributed by atoms with Gasteiger partial charge in [-0.3, -0.25) is 9.69 Å². The zero-order valence-corrected chi connectivity index (χ0v) is 16.4. The zero-order valence-electron chi connectivity index (χ0n) is 16.4. The van der Waals surface area contributed by atoms with Gasteiger partial charge in [-0.1, -0.05) is 30.3 Å². The highest BCUT2D eigenvalue weighted by Crippen LogP contribution is 2.32. The Hall–Kier alpha value is -2.15. The molecule has 4 rings (SSSR count). The van der Waals surface area contributed by atoms with Crippen LogP contribution in [-0.4, -0.2) is 53.9 Å². The summed E-state index contributed by atoms with van der Waals surface area (Å²) in [5, 5.41) is 9.32. The molecule has 2 aromatic rings. The van der Waals surface area contributed by atoms with Gasteiger partial charge in [-0.2, -0.15) is 0 Å². The van der Waals surface area contributed by atoms with Crippen molar-refractivity contribution < 1.29 is 14.6 Å². The number of rotatable bonds is 5. The van der Waals surface area contributed by atoms with Crippen LogP contribution in [0.2, 0.25) is 0 Å². The lowest BCUT2D eigenvalue weighted by molar-refractivity contribution is -0.106. The first-order valence-electron chi connectivity index (χ1n) is 10.1. The lowest BCUT2D eigenvalue weighted by Gasteiger charge is -2.30. The van der Waals surface area contributed by atoms with Gasteiger partial charge in [0.15, 0.2) is 0 Å². The van der Waals surface area contributed by atoms with Crippen LogP contribution in [0, 0.1) is 5.92 Å². The molecule has 1 amide bonds. The molecule has 3 N–H and O–H groups in total. The SMILES string of the molecule is NC=O.OCCN1CCn2c(-c3ccccc3)cc(CC3CCOCC3)c2C1. The van der Waals surface area contributed by atoms with Crippen molar-refractivity contribution in [3.05, 3.63) is 47.7 Å². The number of aromatic nitrogens is 1. The van der Waals surface area contributed by atoms with E-state index in [4.69, 9.17) is 9.53 Å². The number of aliphatic hydroxyl groups is 1. The summed E-state index contributed by atoms with van der Waals surface area (Å²) in [6.07, 6.45) is 3.75. The summed E-state index contributed by atoms with van der Waals surface area (Å²) in [7, 11) is 0. The molecule has 6 heteroatoms.